The number of benzene rings is 2. The molecule has 1 fully saturated rings. The van der Waals surface area contributed by atoms with Gasteiger partial charge in [-0.25, -0.2) is 12.8 Å². The second kappa shape index (κ2) is 10.2. The summed E-state index contributed by atoms with van der Waals surface area (Å²) in [6.07, 6.45) is 1.79. The van der Waals surface area contributed by atoms with Crippen molar-refractivity contribution in [3.8, 4) is 17.2 Å². The van der Waals surface area contributed by atoms with Crippen LogP contribution in [0.5, 0.6) is 17.2 Å². The molecule has 1 N–H and O–H groups in total. The molecule has 1 aliphatic heterocycles. The molecule has 1 heterocycles. The van der Waals surface area contributed by atoms with Gasteiger partial charge in [-0.2, -0.15) is 4.31 Å². The number of sulfonamides is 1. The molecular formula is C22H27FN2O6S. The van der Waals surface area contributed by atoms with E-state index < -0.39 is 27.8 Å². The normalized spacial score (nSPS) is 16.9. The highest BCUT2D eigenvalue weighted by Gasteiger charge is 2.37. The van der Waals surface area contributed by atoms with E-state index in [2.05, 4.69) is 5.32 Å². The van der Waals surface area contributed by atoms with Gasteiger partial charge in [-0.15, -0.1) is 0 Å². The lowest BCUT2D eigenvalue weighted by Gasteiger charge is -2.33. The molecule has 0 spiro atoms. The summed E-state index contributed by atoms with van der Waals surface area (Å²) < 4.78 is 56.6. The highest BCUT2D eigenvalue weighted by molar-refractivity contribution is 7.89. The summed E-state index contributed by atoms with van der Waals surface area (Å²) in [5.41, 5.74) is 0.705. The van der Waals surface area contributed by atoms with E-state index in [-0.39, 0.29) is 18.0 Å². The van der Waals surface area contributed by atoms with Crippen molar-refractivity contribution in [1.29, 1.82) is 0 Å². The molecule has 0 unspecified atom stereocenters. The van der Waals surface area contributed by atoms with E-state index in [0.717, 1.165) is 18.6 Å². The monoisotopic (exact) mass is 466 g/mol. The summed E-state index contributed by atoms with van der Waals surface area (Å²) in [5, 5.41) is 2.81. The lowest BCUT2D eigenvalue weighted by molar-refractivity contribution is -0.125. The summed E-state index contributed by atoms with van der Waals surface area (Å²) in [4.78, 5) is 12.9. The van der Waals surface area contributed by atoms with E-state index in [1.165, 1.54) is 37.8 Å². The Morgan fingerprint density at radius 3 is 2.25 bits per heavy atom. The Morgan fingerprint density at radius 2 is 1.69 bits per heavy atom. The summed E-state index contributed by atoms with van der Waals surface area (Å²) in [6, 6.07) is 7.20. The number of ether oxygens (including phenoxy) is 3. The Bertz CT molecular complexity index is 1030. The standard InChI is InChI=1S/C22H27FN2O6S/c1-29-19-12-15(13-20(30-2)21(19)31-3)14-24-22(26)18-6-4-5-11-25(18)32(27,28)17-9-7-16(23)8-10-17/h7-10,12-13,18H,4-6,11,14H2,1-3H3,(H,24,26)/t18-/m0/s1. The molecule has 3 rings (SSSR count). The number of halogens is 1. The van der Waals surface area contributed by atoms with Gasteiger partial charge in [0.15, 0.2) is 11.5 Å². The summed E-state index contributed by atoms with van der Waals surface area (Å²) in [5.74, 6) is 0.420. The number of nitrogens with zero attached hydrogens (tertiary/aromatic N) is 1. The first-order chi connectivity index (χ1) is 15.3. The van der Waals surface area contributed by atoms with Gasteiger partial charge in [0, 0.05) is 13.1 Å². The van der Waals surface area contributed by atoms with Crippen LogP contribution in [0.4, 0.5) is 4.39 Å². The number of carbonyl (C=O) groups excluding carboxylic acids is 1. The molecule has 8 nitrogen and oxygen atoms in total. The highest BCUT2D eigenvalue weighted by atomic mass is 32.2. The molecule has 1 aliphatic rings. The number of hydrogen-bond donors (Lipinski definition) is 1. The fourth-order valence-electron chi connectivity index (χ4n) is 3.74. The number of methoxy groups -OCH3 is 3. The van der Waals surface area contributed by atoms with Gasteiger partial charge in [0.05, 0.1) is 26.2 Å². The van der Waals surface area contributed by atoms with Gasteiger partial charge in [0.25, 0.3) is 0 Å². The van der Waals surface area contributed by atoms with Gasteiger partial charge in [-0.1, -0.05) is 6.42 Å². The van der Waals surface area contributed by atoms with Crippen molar-refractivity contribution >= 4 is 15.9 Å². The van der Waals surface area contributed by atoms with Crippen molar-refractivity contribution < 1.29 is 31.8 Å². The number of hydrogen-bond acceptors (Lipinski definition) is 6. The Balaban J connectivity index is 1.78. The maximum absolute atomic E-state index is 13.2. The van der Waals surface area contributed by atoms with Crippen molar-refractivity contribution in [3.05, 3.63) is 47.8 Å². The maximum Gasteiger partial charge on any atom is 0.243 e. The van der Waals surface area contributed by atoms with Crippen LogP contribution >= 0.6 is 0 Å². The largest absolute Gasteiger partial charge is 0.493 e. The zero-order valence-corrected chi connectivity index (χ0v) is 19.1. The van der Waals surface area contributed by atoms with Crippen molar-refractivity contribution in [3.63, 3.8) is 0 Å². The Labute approximate surface area is 187 Å². The molecule has 0 radical (unpaired) electrons. The molecule has 10 heteroatoms. The first kappa shape index (κ1) is 23.8. The van der Waals surface area contributed by atoms with Crippen molar-refractivity contribution in [2.24, 2.45) is 0 Å². The van der Waals surface area contributed by atoms with Crippen LogP contribution < -0.4 is 19.5 Å². The van der Waals surface area contributed by atoms with E-state index in [1.807, 2.05) is 0 Å². The fourth-order valence-corrected chi connectivity index (χ4v) is 5.40. The zero-order chi connectivity index (χ0) is 23.3. The minimum Gasteiger partial charge on any atom is -0.493 e. The highest BCUT2D eigenvalue weighted by Crippen LogP contribution is 2.38. The average Bonchev–Trinajstić information content (AvgIpc) is 2.81. The third-order valence-corrected chi connectivity index (χ3v) is 7.29. The Kier molecular flexibility index (Phi) is 7.57. The molecule has 1 amide bonds. The minimum absolute atomic E-state index is 0.0387. The first-order valence-corrected chi connectivity index (χ1v) is 11.6. The smallest absolute Gasteiger partial charge is 0.243 e. The molecule has 0 saturated carbocycles. The molecule has 32 heavy (non-hydrogen) atoms. The van der Waals surface area contributed by atoms with E-state index in [0.29, 0.717) is 35.7 Å². The number of amides is 1. The van der Waals surface area contributed by atoms with Gasteiger partial charge in [0.2, 0.25) is 21.7 Å². The van der Waals surface area contributed by atoms with Gasteiger partial charge in [-0.3, -0.25) is 4.79 Å². The molecule has 2 aromatic rings. The molecule has 2 aromatic carbocycles. The van der Waals surface area contributed by atoms with Gasteiger partial charge in [-0.05, 0) is 54.8 Å². The second-order valence-electron chi connectivity index (χ2n) is 7.33. The third-order valence-electron chi connectivity index (χ3n) is 5.37. The van der Waals surface area contributed by atoms with Gasteiger partial charge >= 0.3 is 0 Å². The van der Waals surface area contributed by atoms with E-state index in [1.54, 1.807) is 12.1 Å². The quantitative estimate of drug-likeness (QED) is 0.643. The topological polar surface area (TPSA) is 94.2 Å². The number of nitrogens with one attached hydrogen (secondary N) is 1. The van der Waals surface area contributed by atoms with Crippen LogP contribution in [0.3, 0.4) is 0 Å². The molecule has 1 saturated heterocycles. The first-order valence-electron chi connectivity index (χ1n) is 10.2. The van der Waals surface area contributed by atoms with Crippen LogP contribution in [0.25, 0.3) is 0 Å². The average molecular weight is 467 g/mol. The lowest BCUT2D eigenvalue weighted by Crippen LogP contribution is -2.51. The molecule has 0 aromatic heterocycles. The third kappa shape index (κ3) is 4.97. The van der Waals surface area contributed by atoms with Gasteiger partial charge in [0.1, 0.15) is 11.9 Å². The molecular weight excluding hydrogens is 439 g/mol. The van der Waals surface area contributed by atoms with E-state index in [9.17, 15) is 17.6 Å². The summed E-state index contributed by atoms with van der Waals surface area (Å²) >= 11 is 0. The SMILES string of the molecule is COc1cc(CNC(=O)[C@@H]2CCCCN2S(=O)(=O)c2ccc(F)cc2)cc(OC)c1OC. The fraction of sp³-hybridized carbons (Fsp3) is 0.409. The van der Waals surface area contributed by atoms with Crippen molar-refractivity contribution in [2.45, 2.75) is 36.7 Å². The number of piperidine rings is 1. The van der Waals surface area contributed by atoms with Crippen LogP contribution in [0.1, 0.15) is 24.8 Å². The Hall–Kier alpha value is -2.85. The van der Waals surface area contributed by atoms with Crippen LogP contribution in [-0.2, 0) is 21.4 Å². The predicted molar refractivity (Wildman–Crippen MR) is 116 cm³/mol. The summed E-state index contributed by atoms with van der Waals surface area (Å²) in [6.45, 7) is 0.373. The van der Waals surface area contributed by atoms with Crippen molar-refractivity contribution in [1.82, 2.24) is 9.62 Å². The lowest BCUT2D eigenvalue weighted by atomic mass is 10.0. The van der Waals surface area contributed by atoms with E-state index >= 15 is 0 Å². The molecule has 1 atom stereocenters. The summed E-state index contributed by atoms with van der Waals surface area (Å²) in [7, 11) is 0.564. The molecule has 0 bridgehead atoms. The molecule has 0 aliphatic carbocycles. The van der Waals surface area contributed by atoms with Crippen LogP contribution in [0.15, 0.2) is 41.3 Å². The Morgan fingerprint density at radius 1 is 1.06 bits per heavy atom. The van der Waals surface area contributed by atoms with E-state index in [4.69, 9.17) is 14.2 Å². The number of carbonyl (C=O) groups is 1. The maximum atomic E-state index is 13.2. The van der Waals surface area contributed by atoms with Crippen molar-refractivity contribution in [2.75, 3.05) is 27.9 Å². The predicted octanol–water partition coefficient (Wildman–Crippen LogP) is 2.71. The zero-order valence-electron chi connectivity index (χ0n) is 18.3. The minimum atomic E-state index is -3.94. The second-order valence-corrected chi connectivity index (χ2v) is 9.22. The van der Waals surface area contributed by atoms with Crippen LogP contribution in [0.2, 0.25) is 0 Å². The van der Waals surface area contributed by atoms with Gasteiger partial charge < -0.3 is 19.5 Å². The van der Waals surface area contributed by atoms with Crippen LogP contribution in [0, 0.1) is 5.82 Å². The molecule has 174 valence electrons. The number of rotatable bonds is 8. The van der Waals surface area contributed by atoms with Crippen LogP contribution in [-0.4, -0.2) is 52.5 Å².